The molecular formula is C58H64Cl2SiZr. The average molecular weight is 951 g/mol. The first kappa shape index (κ1) is 49.2. The van der Waals surface area contributed by atoms with Gasteiger partial charge in [-0.15, -0.1) is 69.1 Å². The SMILES string of the molecule is CC(C)c1ccccc1-c1c(C(C)(C)C)ccc2[cH-]c(-c3ccccc3)cc12.CC(C)c1ccccc1-c1c(C(C)(C)C)ccc2[cH-]c(-c3ccccc3)cc12.C[Si]C.[Cl][Zr+2][Cl]. The molecule has 0 N–H and O–H groups in total. The molecule has 8 aromatic carbocycles. The van der Waals surface area contributed by atoms with Gasteiger partial charge in [-0.3, -0.25) is 0 Å². The van der Waals surface area contributed by atoms with Gasteiger partial charge in [0.15, 0.2) is 0 Å². The molecule has 0 atom stereocenters. The second kappa shape index (κ2) is 22.2. The number of halogens is 2. The van der Waals surface area contributed by atoms with Crippen LogP contribution >= 0.6 is 17.0 Å². The molecule has 0 aliphatic carbocycles. The first-order chi connectivity index (χ1) is 29.5. The topological polar surface area (TPSA) is 0 Å². The Bertz CT molecular complexity index is 2450. The number of rotatable bonds is 6. The number of benzene rings is 6. The van der Waals surface area contributed by atoms with E-state index in [0.29, 0.717) is 11.8 Å². The summed E-state index contributed by atoms with van der Waals surface area (Å²) in [5, 5.41) is 5.36. The van der Waals surface area contributed by atoms with Gasteiger partial charge in [0, 0.05) is 9.52 Å². The normalized spacial score (nSPS) is 11.4. The quantitative estimate of drug-likeness (QED) is 0.115. The zero-order chi connectivity index (χ0) is 45.2. The predicted octanol–water partition coefficient (Wildman–Crippen LogP) is 18.8. The van der Waals surface area contributed by atoms with Gasteiger partial charge in [-0.2, -0.15) is 0 Å². The molecule has 0 heterocycles. The van der Waals surface area contributed by atoms with Gasteiger partial charge in [0.2, 0.25) is 0 Å². The van der Waals surface area contributed by atoms with E-state index in [4.69, 9.17) is 17.0 Å². The van der Waals surface area contributed by atoms with Gasteiger partial charge in [0.1, 0.15) is 0 Å². The van der Waals surface area contributed by atoms with Crippen molar-refractivity contribution in [1.82, 2.24) is 0 Å². The fourth-order valence-corrected chi connectivity index (χ4v) is 8.44. The Balaban J connectivity index is 0.000000208. The van der Waals surface area contributed by atoms with Crippen LogP contribution in [0.2, 0.25) is 13.1 Å². The maximum atomic E-state index is 4.93. The summed E-state index contributed by atoms with van der Waals surface area (Å²) in [6.45, 7) is 27.4. The Labute approximate surface area is 395 Å². The molecule has 0 aromatic heterocycles. The van der Waals surface area contributed by atoms with Crippen molar-refractivity contribution < 1.29 is 20.8 Å². The third-order valence-corrected chi connectivity index (χ3v) is 11.3. The van der Waals surface area contributed by atoms with E-state index < -0.39 is 20.8 Å². The summed E-state index contributed by atoms with van der Waals surface area (Å²) < 4.78 is 0. The molecule has 0 spiro atoms. The molecule has 4 heteroatoms. The van der Waals surface area contributed by atoms with Gasteiger partial charge >= 0.3 is 37.9 Å². The van der Waals surface area contributed by atoms with Crippen LogP contribution in [0.1, 0.15) is 103 Å². The van der Waals surface area contributed by atoms with Gasteiger partial charge in [-0.05, 0) is 67.2 Å². The summed E-state index contributed by atoms with van der Waals surface area (Å²) in [6.07, 6.45) is 0. The average Bonchev–Trinajstić information content (AvgIpc) is 3.89. The van der Waals surface area contributed by atoms with E-state index in [1.165, 1.54) is 88.3 Å². The van der Waals surface area contributed by atoms with Gasteiger partial charge in [-0.1, -0.05) is 215 Å². The van der Waals surface area contributed by atoms with Gasteiger partial charge in [0.05, 0.1) is 0 Å². The van der Waals surface area contributed by atoms with Gasteiger partial charge in [0.25, 0.3) is 0 Å². The van der Waals surface area contributed by atoms with Crippen LogP contribution in [0, 0.1) is 0 Å². The Hall–Kier alpha value is -3.78. The van der Waals surface area contributed by atoms with Gasteiger partial charge in [-0.25, -0.2) is 0 Å². The van der Waals surface area contributed by atoms with Crippen molar-refractivity contribution in [3.63, 3.8) is 0 Å². The van der Waals surface area contributed by atoms with Crippen LogP contribution in [0.3, 0.4) is 0 Å². The molecule has 0 saturated carbocycles. The minimum atomic E-state index is -0.826. The minimum absolute atomic E-state index is 0.0811. The standard InChI is InChI=1S/2C28H29.C2H6Si.2ClH.Zr/c2*1-19(2)23-13-9-10-14-24(23)27-25-18-22(20-11-7-6-8-12-20)17-21(25)15-16-26(27)28(3,4)5;1-3-2;;;/h2*6-19H,1-5H3;1-2H3;2*1H;/q2*-1;;;;+4/p-2. The number of fused-ring (bicyclic) bond motifs is 2. The number of hydrogen-bond donors (Lipinski definition) is 0. The van der Waals surface area contributed by atoms with Crippen LogP contribution in [0.4, 0.5) is 0 Å². The molecular weight excluding hydrogens is 887 g/mol. The molecule has 0 aliphatic heterocycles. The Kier molecular flexibility index (Phi) is 17.6. The summed E-state index contributed by atoms with van der Waals surface area (Å²) in [6, 6.07) is 57.9. The van der Waals surface area contributed by atoms with E-state index in [9.17, 15) is 0 Å². The molecule has 0 nitrogen and oxygen atoms in total. The van der Waals surface area contributed by atoms with Crippen molar-refractivity contribution in [3.05, 3.63) is 180 Å². The zero-order valence-electron chi connectivity index (χ0n) is 38.9. The second-order valence-corrected chi connectivity index (χ2v) is 23.5. The van der Waals surface area contributed by atoms with E-state index in [0.717, 1.165) is 9.52 Å². The zero-order valence-corrected chi connectivity index (χ0v) is 43.9. The Morgan fingerprint density at radius 3 is 1.08 bits per heavy atom. The first-order valence-electron chi connectivity index (χ1n) is 21.9. The molecule has 0 aliphatic rings. The molecule has 8 aromatic rings. The molecule has 0 unspecified atom stereocenters. The monoisotopic (exact) mass is 948 g/mol. The molecule has 0 bridgehead atoms. The van der Waals surface area contributed by atoms with Crippen LogP contribution in [0.15, 0.2) is 158 Å². The summed E-state index contributed by atoms with van der Waals surface area (Å²) in [7, 11) is 11.0. The van der Waals surface area contributed by atoms with E-state index in [2.05, 4.69) is 240 Å². The maximum absolute atomic E-state index is 4.93. The van der Waals surface area contributed by atoms with Crippen LogP contribution in [0.25, 0.3) is 66.1 Å². The summed E-state index contributed by atoms with van der Waals surface area (Å²) in [4.78, 5) is 0. The van der Waals surface area contributed by atoms with E-state index in [1.807, 2.05) is 0 Å². The molecule has 0 saturated heterocycles. The summed E-state index contributed by atoms with van der Waals surface area (Å²) >= 11 is -0.826. The Morgan fingerprint density at radius 2 is 0.774 bits per heavy atom. The third-order valence-electron chi connectivity index (χ3n) is 11.3. The molecule has 62 heavy (non-hydrogen) atoms. The third kappa shape index (κ3) is 11.9. The fourth-order valence-electron chi connectivity index (χ4n) is 8.44. The van der Waals surface area contributed by atoms with Crippen LogP contribution in [-0.4, -0.2) is 9.52 Å². The summed E-state index contributed by atoms with van der Waals surface area (Å²) in [5.74, 6) is 0.977. The molecule has 8 rings (SSSR count). The van der Waals surface area contributed by atoms with Crippen molar-refractivity contribution in [2.24, 2.45) is 0 Å². The van der Waals surface area contributed by atoms with Gasteiger partial charge < -0.3 is 0 Å². The molecule has 318 valence electrons. The van der Waals surface area contributed by atoms with E-state index in [1.54, 1.807) is 0 Å². The van der Waals surface area contributed by atoms with Crippen LogP contribution in [0.5, 0.6) is 0 Å². The van der Waals surface area contributed by atoms with Crippen molar-refractivity contribution in [3.8, 4) is 44.5 Å². The van der Waals surface area contributed by atoms with Crippen molar-refractivity contribution in [2.45, 2.75) is 105 Å². The number of hydrogen-bond acceptors (Lipinski definition) is 0. The molecule has 0 fully saturated rings. The molecule has 0 amide bonds. The van der Waals surface area contributed by atoms with Crippen molar-refractivity contribution >= 4 is 48.1 Å². The van der Waals surface area contributed by atoms with E-state index >= 15 is 0 Å². The van der Waals surface area contributed by atoms with Crippen molar-refractivity contribution in [1.29, 1.82) is 0 Å². The summed E-state index contributed by atoms with van der Waals surface area (Å²) in [5.41, 5.74) is 16.5. The van der Waals surface area contributed by atoms with Crippen molar-refractivity contribution in [2.75, 3.05) is 0 Å². The van der Waals surface area contributed by atoms with Crippen LogP contribution in [-0.2, 0) is 31.7 Å². The van der Waals surface area contributed by atoms with Crippen LogP contribution < -0.4 is 0 Å². The second-order valence-electron chi connectivity index (χ2n) is 18.8. The predicted molar refractivity (Wildman–Crippen MR) is 276 cm³/mol. The first-order valence-corrected chi connectivity index (χ1v) is 30.2. The molecule has 2 radical (unpaired) electrons. The fraction of sp³-hybridized carbons (Fsp3) is 0.276. The Morgan fingerprint density at radius 1 is 0.468 bits per heavy atom. The van der Waals surface area contributed by atoms with E-state index in [-0.39, 0.29) is 10.8 Å².